The summed E-state index contributed by atoms with van der Waals surface area (Å²) in [5.41, 5.74) is 0. The summed E-state index contributed by atoms with van der Waals surface area (Å²) in [7, 11) is 0. The van der Waals surface area contributed by atoms with Crippen molar-refractivity contribution in [3.8, 4) is 0 Å². The zero-order valence-electron chi connectivity index (χ0n) is 6.34. The fourth-order valence-electron chi connectivity index (χ4n) is 1.09. The maximum absolute atomic E-state index is 5.34. The first-order valence-corrected chi connectivity index (χ1v) is 4.97. The number of hydrogen-bond acceptors (Lipinski definition) is 2. The first-order chi connectivity index (χ1) is 4.93. The van der Waals surface area contributed by atoms with Gasteiger partial charge in [-0.3, -0.25) is 0 Å². The molecule has 1 radical (unpaired) electrons. The standard InChI is InChI=1S/C8H15OS/c1-2-6-10-8-4-3-5-9-7-8/h8H,1-7H2. The zero-order chi connectivity index (χ0) is 7.23. The smallest absolute Gasteiger partial charge is 0.0585 e. The third-order valence-electron chi connectivity index (χ3n) is 1.62. The van der Waals surface area contributed by atoms with Crippen molar-refractivity contribution < 1.29 is 4.74 Å². The fraction of sp³-hybridized carbons (Fsp3) is 0.875. The molecular weight excluding hydrogens is 144 g/mol. The van der Waals surface area contributed by atoms with E-state index in [1.807, 2.05) is 11.8 Å². The average molecular weight is 159 g/mol. The molecule has 1 unspecified atom stereocenters. The summed E-state index contributed by atoms with van der Waals surface area (Å²) in [6.07, 6.45) is 3.63. The first kappa shape index (κ1) is 8.41. The largest absolute Gasteiger partial charge is 0.380 e. The predicted octanol–water partition coefficient (Wildman–Crippen LogP) is 2.12. The lowest BCUT2D eigenvalue weighted by molar-refractivity contribution is 0.101. The Morgan fingerprint density at radius 3 is 3.10 bits per heavy atom. The average Bonchev–Trinajstić information content (AvgIpc) is 2.03. The van der Waals surface area contributed by atoms with Crippen molar-refractivity contribution in [1.82, 2.24) is 0 Å². The minimum Gasteiger partial charge on any atom is -0.380 e. The van der Waals surface area contributed by atoms with Crippen molar-refractivity contribution in [1.29, 1.82) is 0 Å². The lowest BCUT2D eigenvalue weighted by Gasteiger charge is -2.20. The van der Waals surface area contributed by atoms with Gasteiger partial charge in [-0.2, -0.15) is 11.8 Å². The van der Waals surface area contributed by atoms with Gasteiger partial charge in [0.1, 0.15) is 0 Å². The summed E-state index contributed by atoms with van der Waals surface area (Å²) in [5, 5.41) is 0.760. The maximum atomic E-state index is 5.34. The van der Waals surface area contributed by atoms with Crippen LogP contribution in [0.5, 0.6) is 0 Å². The van der Waals surface area contributed by atoms with E-state index in [4.69, 9.17) is 4.74 Å². The van der Waals surface area contributed by atoms with E-state index in [0.29, 0.717) is 0 Å². The summed E-state index contributed by atoms with van der Waals surface area (Å²) in [6.45, 7) is 5.75. The summed E-state index contributed by atoms with van der Waals surface area (Å²) in [6, 6.07) is 0. The highest BCUT2D eigenvalue weighted by Crippen LogP contribution is 2.20. The van der Waals surface area contributed by atoms with Crippen molar-refractivity contribution in [2.75, 3.05) is 19.0 Å². The Bertz CT molecular complexity index is 79.3. The van der Waals surface area contributed by atoms with Crippen LogP contribution >= 0.6 is 11.8 Å². The van der Waals surface area contributed by atoms with Gasteiger partial charge in [0.05, 0.1) is 6.61 Å². The van der Waals surface area contributed by atoms with Crippen LogP contribution in [0.15, 0.2) is 0 Å². The third kappa shape index (κ3) is 2.93. The van der Waals surface area contributed by atoms with E-state index in [-0.39, 0.29) is 0 Å². The molecule has 1 nitrogen and oxygen atoms in total. The SMILES string of the molecule is [CH2]CCSC1CCCOC1. The van der Waals surface area contributed by atoms with Gasteiger partial charge in [-0.15, -0.1) is 0 Å². The van der Waals surface area contributed by atoms with Gasteiger partial charge in [-0.1, -0.05) is 6.92 Å². The first-order valence-electron chi connectivity index (χ1n) is 3.92. The molecule has 0 aliphatic carbocycles. The van der Waals surface area contributed by atoms with Gasteiger partial charge in [0.15, 0.2) is 0 Å². The molecule has 0 N–H and O–H groups in total. The Morgan fingerprint density at radius 2 is 2.50 bits per heavy atom. The van der Waals surface area contributed by atoms with Crippen molar-refractivity contribution in [3.63, 3.8) is 0 Å². The number of rotatable bonds is 3. The number of hydrogen-bond donors (Lipinski definition) is 0. The van der Waals surface area contributed by atoms with Gasteiger partial charge in [0.2, 0.25) is 0 Å². The molecule has 0 bridgehead atoms. The molecule has 0 aromatic carbocycles. The quantitative estimate of drug-likeness (QED) is 0.624. The van der Waals surface area contributed by atoms with Crippen molar-refractivity contribution in [3.05, 3.63) is 6.92 Å². The van der Waals surface area contributed by atoms with Gasteiger partial charge in [0.25, 0.3) is 0 Å². The van der Waals surface area contributed by atoms with Crippen molar-refractivity contribution >= 4 is 11.8 Å². The lowest BCUT2D eigenvalue weighted by Crippen LogP contribution is -2.19. The molecule has 1 aliphatic heterocycles. The molecule has 1 atom stereocenters. The van der Waals surface area contributed by atoms with E-state index < -0.39 is 0 Å². The van der Waals surface area contributed by atoms with Gasteiger partial charge < -0.3 is 4.74 Å². The molecule has 59 valence electrons. The Balaban J connectivity index is 2.02. The Labute approximate surface area is 67.5 Å². The molecule has 1 fully saturated rings. The van der Waals surface area contributed by atoms with E-state index in [1.54, 1.807) is 0 Å². The van der Waals surface area contributed by atoms with Crippen LogP contribution in [0.1, 0.15) is 19.3 Å². The lowest BCUT2D eigenvalue weighted by atomic mass is 10.2. The molecule has 0 spiro atoms. The molecule has 0 saturated carbocycles. The Kier molecular flexibility index (Phi) is 4.23. The van der Waals surface area contributed by atoms with E-state index in [2.05, 4.69) is 6.92 Å². The van der Waals surface area contributed by atoms with Crippen LogP contribution in [0.4, 0.5) is 0 Å². The minimum atomic E-state index is 0.760. The van der Waals surface area contributed by atoms with E-state index in [1.165, 1.54) is 18.6 Å². The monoisotopic (exact) mass is 159 g/mol. The van der Waals surface area contributed by atoms with Crippen LogP contribution in [0.25, 0.3) is 0 Å². The summed E-state index contributed by atoms with van der Waals surface area (Å²) >= 11 is 2.01. The van der Waals surface area contributed by atoms with Crippen LogP contribution in [-0.4, -0.2) is 24.2 Å². The van der Waals surface area contributed by atoms with Gasteiger partial charge in [-0.05, 0) is 25.0 Å². The molecular formula is C8H15OS. The molecule has 1 aliphatic rings. The minimum absolute atomic E-state index is 0.760. The molecule has 10 heavy (non-hydrogen) atoms. The van der Waals surface area contributed by atoms with E-state index >= 15 is 0 Å². The van der Waals surface area contributed by atoms with Gasteiger partial charge >= 0.3 is 0 Å². The van der Waals surface area contributed by atoms with Crippen molar-refractivity contribution in [2.45, 2.75) is 24.5 Å². The summed E-state index contributed by atoms with van der Waals surface area (Å²) < 4.78 is 5.34. The van der Waals surface area contributed by atoms with Crippen LogP contribution in [0.2, 0.25) is 0 Å². The van der Waals surface area contributed by atoms with Crippen LogP contribution in [0, 0.1) is 6.92 Å². The molecule has 1 heterocycles. The second-order valence-electron chi connectivity index (χ2n) is 2.56. The molecule has 2 heteroatoms. The second-order valence-corrected chi connectivity index (χ2v) is 3.97. The highest BCUT2D eigenvalue weighted by atomic mass is 32.2. The third-order valence-corrected chi connectivity index (χ3v) is 2.98. The summed E-state index contributed by atoms with van der Waals surface area (Å²) in [5.74, 6) is 1.19. The molecule has 1 saturated heterocycles. The molecule has 0 aromatic heterocycles. The van der Waals surface area contributed by atoms with Crippen LogP contribution in [-0.2, 0) is 4.74 Å². The highest BCUT2D eigenvalue weighted by Gasteiger charge is 2.12. The normalized spacial score (nSPS) is 26.7. The van der Waals surface area contributed by atoms with Crippen LogP contribution < -0.4 is 0 Å². The predicted molar refractivity (Wildman–Crippen MR) is 46.3 cm³/mol. The van der Waals surface area contributed by atoms with Gasteiger partial charge in [-0.25, -0.2) is 0 Å². The number of thioether (sulfide) groups is 1. The molecule has 1 rings (SSSR count). The zero-order valence-corrected chi connectivity index (χ0v) is 7.16. The summed E-state index contributed by atoms with van der Waals surface area (Å²) in [4.78, 5) is 0. The second kappa shape index (κ2) is 5.03. The van der Waals surface area contributed by atoms with Gasteiger partial charge in [0, 0.05) is 11.9 Å². The maximum Gasteiger partial charge on any atom is 0.0585 e. The van der Waals surface area contributed by atoms with Crippen molar-refractivity contribution in [2.24, 2.45) is 0 Å². The molecule has 0 aromatic rings. The highest BCUT2D eigenvalue weighted by molar-refractivity contribution is 7.99. The molecule has 0 amide bonds. The number of ether oxygens (including phenoxy) is 1. The van der Waals surface area contributed by atoms with E-state index in [9.17, 15) is 0 Å². The Hall–Kier alpha value is 0.310. The van der Waals surface area contributed by atoms with Crippen LogP contribution in [0.3, 0.4) is 0 Å². The topological polar surface area (TPSA) is 9.23 Å². The Morgan fingerprint density at radius 1 is 1.60 bits per heavy atom. The van der Waals surface area contributed by atoms with E-state index in [0.717, 1.165) is 24.9 Å². The fourth-order valence-corrected chi connectivity index (χ4v) is 2.12.